The lowest BCUT2D eigenvalue weighted by Crippen LogP contribution is -2.12. The van der Waals surface area contributed by atoms with Gasteiger partial charge >= 0.3 is 0 Å². The molecule has 2 N–H and O–H groups in total. The molecule has 0 radical (unpaired) electrons. The van der Waals surface area contributed by atoms with Gasteiger partial charge in [0.05, 0.1) is 18.4 Å². The lowest BCUT2D eigenvalue weighted by atomic mass is 10.0. The number of carbonyl (C=O) groups is 1. The van der Waals surface area contributed by atoms with E-state index in [0.717, 1.165) is 12.8 Å². The number of amides is 1. The quantitative estimate of drug-likeness (QED) is 0.177. The van der Waals surface area contributed by atoms with Gasteiger partial charge in [-0.1, -0.05) is 44.5 Å². The first-order chi connectivity index (χ1) is 20.5. The summed E-state index contributed by atoms with van der Waals surface area (Å²) in [5.41, 5.74) is 0.748. The van der Waals surface area contributed by atoms with Crippen LogP contribution in [-0.2, 0) is 0 Å². The van der Waals surface area contributed by atoms with Gasteiger partial charge in [0.25, 0.3) is 11.9 Å². The monoisotopic (exact) mass is 560 g/mol. The van der Waals surface area contributed by atoms with Crippen molar-refractivity contribution in [3.8, 4) is 23.5 Å². The number of nitrogens with one attached hydrogen (secondary N) is 1. The molecule has 42 heavy (non-hydrogen) atoms. The largest absolute Gasteiger partial charge is 0.505 e. The van der Waals surface area contributed by atoms with Gasteiger partial charge in [0.15, 0.2) is 11.6 Å². The van der Waals surface area contributed by atoms with Crippen LogP contribution in [0.15, 0.2) is 89.5 Å². The number of hydrogen-bond donors (Lipinski definition) is 2. The van der Waals surface area contributed by atoms with Crippen molar-refractivity contribution < 1.29 is 14.6 Å². The highest BCUT2D eigenvalue weighted by Gasteiger charge is 2.20. The summed E-state index contributed by atoms with van der Waals surface area (Å²) in [6.07, 6.45) is 6.47. The fourth-order valence-electron chi connectivity index (χ4n) is 4.17. The maximum absolute atomic E-state index is 13.3. The number of phenolic OH excluding ortho intramolecular Hbond substituents is 1. The number of rotatable bonds is 10. The van der Waals surface area contributed by atoms with E-state index in [1.165, 1.54) is 23.3 Å². The minimum atomic E-state index is -0.527. The molecule has 0 aliphatic heterocycles. The number of carbonyl (C=O) groups excluding carboxylic acids is 1. The Morgan fingerprint density at radius 2 is 1.88 bits per heavy atom. The van der Waals surface area contributed by atoms with Crippen LogP contribution in [-0.4, -0.2) is 37.4 Å². The summed E-state index contributed by atoms with van der Waals surface area (Å²) >= 11 is 0. The molecule has 11 heteroatoms. The molecule has 0 aliphatic carbocycles. The van der Waals surface area contributed by atoms with Gasteiger partial charge in [-0.3, -0.25) is 4.79 Å². The van der Waals surface area contributed by atoms with Crippen molar-refractivity contribution in [1.29, 1.82) is 5.26 Å². The molecule has 0 saturated heterocycles. The van der Waals surface area contributed by atoms with E-state index >= 15 is 0 Å². The van der Waals surface area contributed by atoms with Crippen molar-refractivity contribution in [2.75, 3.05) is 11.9 Å². The smallest absolute Gasteiger partial charge is 0.259 e. The second-order valence-electron chi connectivity index (χ2n) is 9.63. The van der Waals surface area contributed by atoms with Crippen molar-refractivity contribution in [3.63, 3.8) is 0 Å². The molecular weight excluding hydrogens is 532 g/mol. The van der Waals surface area contributed by atoms with E-state index < -0.39 is 5.91 Å². The first-order valence-electron chi connectivity index (χ1n) is 13.4. The third-order valence-electron chi connectivity index (χ3n) is 6.78. The van der Waals surface area contributed by atoms with E-state index in [1.54, 1.807) is 54.6 Å². The number of anilines is 1. The first kappa shape index (κ1) is 27.9. The predicted molar refractivity (Wildman–Crippen MR) is 158 cm³/mol. The molecular formula is C31H28N8O3. The molecule has 1 atom stereocenters. The highest BCUT2D eigenvalue weighted by molar-refractivity contribution is 6.11. The Hall–Kier alpha value is -5.63. The molecule has 0 fully saturated rings. The molecule has 2 heterocycles. The van der Waals surface area contributed by atoms with Gasteiger partial charge in [-0.15, -0.1) is 10.2 Å². The SMILES string of the molecule is CCC(C)CCOc1ccc(NC(=O)c2cc3ccccc3c(N=Nc3c(C#N)cnn3-c3ncccn3)c2O)cc1. The standard InChI is InChI=1S/C31H28N8O3/c1-3-20(2)13-16-42-24-11-9-23(10-12-24)36-30(41)26-17-21-7-4-5-8-25(21)27(28(26)40)37-38-29-22(18-32)19-35-39(29)31-33-14-6-15-34-31/h4-12,14-15,17,19-20,40H,3,13,16H2,1-2H3,(H,36,41). The third-order valence-corrected chi connectivity index (χ3v) is 6.78. The fourth-order valence-corrected chi connectivity index (χ4v) is 4.17. The zero-order valence-electron chi connectivity index (χ0n) is 23.1. The number of aromatic nitrogens is 4. The first-order valence-corrected chi connectivity index (χ1v) is 13.4. The van der Waals surface area contributed by atoms with E-state index in [9.17, 15) is 15.2 Å². The van der Waals surface area contributed by atoms with Crippen LogP contribution in [0.1, 0.15) is 42.6 Å². The van der Waals surface area contributed by atoms with Gasteiger partial charge < -0.3 is 15.2 Å². The topological polar surface area (TPSA) is 151 Å². The Morgan fingerprint density at radius 1 is 1.12 bits per heavy atom. The number of nitriles is 1. The second kappa shape index (κ2) is 12.7. The van der Waals surface area contributed by atoms with Crippen molar-refractivity contribution >= 4 is 33.9 Å². The van der Waals surface area contributed by atoms with Crippen LogP contribution in [0.4, 0.5) is 17.2 Å². The number of benzene rings is 3. The third kappa shape index (κ3) is 6.08. The van der Waals surface area contributed by atoms with Gasteiger partial charge in [0.2, 0.25) is 0 Å². The van der Waals surface area contributed by atoms with Crippen LogP contribution in [0.2, 0.25) is 0 Å². The molecule has 0 saturated carbocycles. The van der Waals surface area contributed by atoms with E-state index in [1.807, 2.05) is 12.1 Å². The van der Waals surface area contributed by atoms with E-state index in [0.29, 0.717) is 34.7 Å². The van der Waals surface area contributed by atoms with Crippen molar-refractivity contribution in [1.82, 2.24) is 19.7 Å². The maximum atomic E-state index is 13.3. The van der Waals surface area contributed by atoms with Crippen LogP contribution >= 0.6 is 0 Å². The molecule has 0 bridgehead atoms. The summed E-state index contributed by atoms with van der Waals surface area (Å²) in [7, 11) is 0. The summed E-state index contributed by atoms with van der Waals surface area (Å²) in [6.45, 7) is 4.97. The minimum absolute atomic E-state index is 0.0111. The highest BCUT2D eigenvalue weighted by Crippen LogP contribution is 2.40. The Balaban J connectivity index is 1.43. The molecule has 5 aromatic rings. The molecule has 11 nitrogen and oxygen atoms in total. The lowest BCUT2D eigenvalue weighted by molar-refractivity contribution is 0.102. The van der Waals surface area contributed by atoms with E-state index in [4.69, 9.17) is 4.74 Å². The number of hydrogen-bond acceptors (Lipinski definition) is 9. The zero-order chi connectivity index (χ0) is 29.5. The van der Waals surface area contributed by atoms with Gasteiger partial charge in [-0.2, -0.15) is 15.0 Å². The molecule has 3 aromatic carbocycles. The Morgan fingerprint density at radius 3 is 2.62 bits per heavy atom. The maximum Gasteiger partial charge on any atom is 0.259 e. The Kier molecular flexibility index (Phi) is 8.44. The van der Waals surface area contributed by atoms with E-state index in [-0.39, 0.29) is 34.3 Å². The van der Waals surface area contributed by atoms with Gasteiger partial charge in [0.1, 0.15) is 23.1 Å². The molecule has 5 rings (SSSR count). The van der Waals surface area contributed by atoms with Crippen molar-refractivity contribution in [2.45, 2.75) is 26.7 Å². The van der Waals surface area contributed by atoms with Crippen LogP contribution < -0.4 is 10.1 Å². The van der Waals surface area contributed by atoms with Crippen molar-refractivity contribution in [3.05, 3.63) is 90.4 Å². The Labute approximate surface area is 242 Å². The molecule has 0 aliphatic rings. The number of fused-ring (bicyclic) bond motifs is 1. The summed E-state index contributed by atoms with van der Waals surface area (Å²) in [5, 5.41) is 37.6. The number of azo groups is 1. The molecule has 1 amide bonds. The van der Waals surface area contributed by atoms with Crippen LogP contribution in [0.3, 0.4) is 0 Å². The van der Waals surface area contributed by atoms with E-state index in [2.05, 4.69) is 44.5 Å². The minimum Gasteiger partial charge on any atom is -0.505 e. The normalized spacial score (nSPS) is 11.8. The summed E-state index contributed by atoms with van der Waals surface area (Å²) < 4.78 is 7.08. The number of phenols is 1. The second-order valence-corrected chi connectivity index (χ2v) is 9.63. The van der Waals surface area contributed by atoms with Gasteiger partial charge in [0, 0.05) is 23.5 Å². The molecule has 210 valence electrons. The number of nitrogens with zero attached hydrogens (tertiary/aromatic N) is 7. The zero-order valence-corrected chi connectivity index (χ0v) is 23.1. The average Bonchev–Trinajstić information content (AvgIpc) is 3.44. The molecule has 0 spiro atoms. The summed E-state index contributed by atoms with van der Waals surface area (Å²) in [4.78, 5) is 21.6. The average molecular weight is 561 g/mol. The highest BCUT2D eigenvalue weighted by atomic mass is 16.5. The van der Waals surface area contributed by atoms with Crippen LogP contribution in [0.5, 0.6) is 11.5 Å². The fraction of sp³-hybridized carbons (Fsp3) is 0.194. The Bertz CT molecular complexity index is 1780. The molecule has 1 unspecified atom stereocenters. The van der Waals surface area contributed by atoms with Crippen molar-refractivity contribution in [2.24, 2.45) is 16.1 Å². The lowest BCUT2D eigenvalue weighted by Gasteiger charge is -2.12. The summed E-state index contributed by atoms with van der Waals surface area (Å²) in [5.74, 6) is 0.692. The summed E-state index contributed by atoms with van der Waals surface area (Å²) in [6, 6.07) is 19.5. The number of ether oxygens (including phenoxy) is 1. The predicted octanol–water partition coefficient (Wildman–Crippen LogP) is 6.88. The number of aromatic hydroxyl groups is 1. The van der Waals surface area contributed by atoms with Gasteiger partial charge in [-0.05, 0) is 54.1 Å². The molecule has 2 aromatic heterocycles. The van der Waals surface area contributed by atoms with Gasteiger partial charge in [-0.25, -0.2) is 9.97 Å². The van der Waals surface area contributed by atoms with Crippen LogP contribution in [0, 0.1) is 17.2 Å². The van der Waals surface area contributed by atoms with Crippen LogP contribution in [0.25, 0.3) is 16.7 Å².